The lowest BCUT2D eigenvalue weighted by atomic mass is 10.1. The van der Waals surface area contributed by atoms with E-state index in [2.05, 4.69) is 15.3 Å². The van der Waals surface area contributed by atoms with Crippen LogP contribution in [0.1, 0.15) is 19.9 Å². The van der Waals surface area contributed by atoms with Gasteiger partial charge in [0.1, 0.15) is 6.33 Å². The van der Waals surface area contributed by atoms with Crippen LogP contribution in [-0.2, 0) is 9.59 Å². The highest BCUT2D eigenvalue weighted by molar-refractivity contribution is 6.30. The van der Waals surface area contributed by atoms with Gasteiger partial charge in [-0.2, -0.15) is 4.68 Å². The number of hydrogen-bond donors (Lipinski definition) is 0. The van der Waals surface area contributed by atoms with Crippen LogP contribution in [0.4, 0.5) is 0 Å². The highest BCUT2D eigenvalue weighted by Crippen LogP contribution is 2.16. The number of aromatic nitrogens is 5. The molecule has 0 aliphatic rings. The van der Waals surface area contributed by atoms with Crippen molar-refractivity contribution < 1.29 is 9.59 Å². The normalized spacial score (nSPS) is 11.2. The molecule has 2 aromatic heterocycles. The molecule has 0 radical (unpaired) electrons. The first kappa shape index (κ1) is 16.0. The molecule has 8 nitrogen and oxygen atoms in total. The lowest BCUT2D eigenvalue weighted by Gasteiger charge is -2.12. The maximum atomic E-state index is 12.6. The van der Waals surface area contributed by atoms with Gasteiger partial charge >= 0.3 is 0 Å². The zero-order valence-electron chi connectivity index (χ0n) is 12.8. The molecule has 0 fully saturated rings. The predicted molar refractivity (Wildman–Crippen MR) is 86.3 cm³/mol. The molecule has 0 aliphatic carbocycles. The zero-order chi connectivity index (χ0) is 17.4. The van der Waals surface area contributed by atoms with Crippen molar-refractivity contribution in [3.05, 3.63) is 46.0 Å². The van der Waals surface area contributed by atoms with Crippen LogP contribution in [0.15, 0.2) is 35.4 Å². The number of nitrogens with zero attached hydrogens (tertiary/aromatic N) is 5. The van der Waals surface area contributed by atoms with Crippen molar-refractivity contribution in [2.45, 2.75) is 19.9 Å². The van der Waals surface area contributed by atoms with Gasteiger partial charge in [-0.25, -0.2) is 4.98 Å². The maximum absolute atomic E-state index is 12.6. The number of benzene rings is 1. The van der Waals surface area contributed by atoms with E-state index in [1.165, 1.54) is 18.5 Å². The molecule has 0 saturated carbocycles. The maximum Gasteiger partial charge on any atom is 0.284 e. The smallest absolute Gasteiger partial charge is 0.284 e. The van der Waals surface area contributed by atoms with Crippen molar-refractivity contribution in [3.8, 4) is 5.69 Å². The minimum atomic E-state index is -1.21. The summed E-state index contributed by atoms with van der Waals surface area (Å²) in [5, 5.41) is 8.32. The Bertz CT molecular complexity index is 992. The minimum absolute atomic E-state index is 0.0278. The van der Waals surface area contributed by atoms with E-state index in [-0.39, 0.29) is 11.2 Å². The molecule has 3 rings (SSSR count). The summed E-state index contributed by atoms with van der Waals surface area (Å²) in [6.45, 7) is 2.49. The minimum Gasteiger partial charge on any atom is -0.297 e. The van der Waals surface area contributed by atoms with E-state index in [4.69, 9.17) is 11.6 Å². The zero-order valence-corrected chi connectivity index (χ0v) is 13.6. The van der Waals surface area contributed by atoms with E-state index >= 15 is 0 Å². The number of Topliss-reactive ketones (excluding diaryl/α,β-unsaturated/α-hetero) is 2. The molecule has 1 aromatic carbocycles. The van der Waals surface area contributed by atoms with Crippen molar-refractivity contribution in [2.75, 3.05) is 0 Å². The number of carbonyl (C=O) groups is 2. The van der Waals surface area contributed by atoms with Crippen LogP contribution in [0.25, 0.3) is 16.9 Å². The number of fused-ring (bicyclic) bond motifs is 1. The van der Waals surface area contributed by atoms with Crippen LogP contribution in [0, 0.1) is 0 Å². The Morgan fingerprint density at radius 3 is 2.33 bits per heavy atom. The van der Waals surface area contributed by atoms with E-state index in [9.17, 15) is 14.4 Å². The van der Waals surface area contributed by atoms with Crippen molar-refractivity contribution in [1.29, 1.82) is 0 Å². The summed E-state index contributed by atoms with van der Waals surface area (Å²) in [5.41, 5.74) is 0.223. The molecule has 0 unspecified atom stereocenters. The quantitative estimate of drug-likeness (QED) is 0.662. The van der Waals surface area contributed by atoms with Gasteiger partial charge in [-0.05, 0) is 38.1 Å². The molecule has 0 atom stereocenters. The van der Waals surface area contributed by atoms with Crippen LogP contribution in [0.5, 0.6) is 0 Å². The van der Waals surface area contributed by atoms with Gasteiger partial charge in [-0.3, -0.25) is 19.0 Å². The Hall–Kier alpha value is -2.87. The molecule has 0 saturated heterocycles. The third-order valence-corrected chi connectivity index (χ3v) is 3.76. The lowest BCUT2D eigenvalue weighted by Crippen LogP contribution is -2.33. The second kappa shape index (κ2) is 5.97. The fourth-order valence-electron chi connectivity index (χ4n) is 2.44. The first-order valence-corrected chi connectivity index (χ1v) is 7.37. The first-order valence-electron chi connectivity index (χ1n) is 6.99. The Kier molecular flexibility index (Phi) is 3.98. The third kappa shape index (κ3) is 2.61. The largest absolute Gasteiger partial charge is 0.297 e. The van der Waals surface area contributed by atoms with Gasteiger partial charge in [-0.1, -0.05) is 16.8 Å². The van der Waals surface area contributed by atoms with Gasteiger partial charge < -0.3 is 0 Å². The van der Waals surface area contributed by atoms with Crippen LogP contribution < -0.4 is 5.56 Å². The summed E-state index contributed by atoms with van der Waals surface area (Å²) in [4.78, 5) is 40.1. The average Bonchev–Trinajstić information content (AvgIpc) is 2.95. The first-order chi connectivity index (χ1) is 11.4. The Morgan fingerprint density at radius 1 is 1.12 bits per heavy atom. The second-order valence-corrected chi connectivity index (χ2v) is 5.67. The molecule has 24 heavy (non-hydrogen) atoms. The summed E-state index contributed by atoms with van der Waals surface area (Å²) in [7, 11) is 0. The van der Waals surface area contributed by atoms with Gasteiger partial charge in [-0.15, -0.1) is 5.10 Å². The van der Waals surface area contributed by atoms with Crippen molar-refractivity contribution in [1.82, 2.24) is 24.5 Å². The highest BCUT2D eigenvalue weighted by atomic mass is 35.5. The standard InChI is InChI=1S/C15H12ClN5O3/c1-8(22)13(9(2)23)20-7-17-14-12(15(20)24)18-19-21(14)11-5-3-10(16)4-6-11/h3-7,13H,1-2H3. The lowest BCUT2D eigenvalue weighted by molar-refractivity contribution is -0.129. The molecule has 0 N–H and O–H groups in total. The fraction of sp³-hybridized carbons (Fsp3) is 0.200. The topological polar surface area (TPSA) is 99.7 Å². The Balaban J connectivity index is 2.19. The number of rotatable bonds is 4. The SMILES string of the molecule is CC(=O)C(C(C)=O)n1cnc2c(nnn2-c2ccc(Cl)cc2)c1=O. The molecular formula is C15H12ClN5O3. The average molecular weight is 346 g/mol. The van der Waals surface area contributed by atoms with Crippen LogP contribution in [-0.4, -0.2) is 36.1 Å². The van der Waals surface area contributed by atoms with Crippen LogP contribution in [0.2, 0.25) is 5.02 Å². The summed E-state index contributed by atoms with van der Waals surface area (Å²) in [6.07, 6.45) is 1.16. The summed E-state index contributed by atoms with van der Waals surface area (Å²) in [5.74, 6) is -0.897. The van der Waals surface area contributed by atoms with Crippen LogP contribution in [0.3, 0.4) is 0 Å². The van der Waals surface area contributed by atoms with Crippen LogP contribution >= 0.6 is 11.6 Å². The highest BCUT2D eigenvalue weighted by Gasteiger charge is 2.25. The van der Waals surface area contributed by atoms with E-state index < -0.39 is 23.2 Å². The van der Waals surface area contributed by atoms with E-state index in [1.807, 2.05) is 0 Å². The molecule has 9 heteroatoms. The van der Waals surface area contributed by atoms with Gasteiger partial charge in [0.2, 0.25) is 0 Å². The fourth-order valence-corrected chi connectivity index (χ4v) is 2.57. The summed E-state index contributed by atoms with van der Waals surface area (Å²) in [6, 6.07) is 5.55. The van der Waals surface area contributed by atoms with Gasteiger partial charge in [0.15, 0.2) is 28.8 Å². The third-order valence-electron chi connectivity index (χ3n) is 3.51. The predicted octanol–water partition coefficient (Wildman–Crippen LogP) is 1.35. The van der Waals surface area contributed by atoms with E-state index in [0.717, 1.165) is 10.9 Å². The Morgan fingerprint density at radius 2 is 1.75 bits per heavy atom. The van der Waals surface area contributed by atoms with E-state index in [0.29, 0.717) is 10.7 Å². The van der Waals surface area contributed by atoms with Crippen molar-refractivity contribution in [2.24, 2.45) is 0 Å². The summed E-state index contributed by atoms with van der Waals surface area (Å²) < 4.78 is 2.36. The van der Waals surface area contributed by atoms with Crippen molar-refractivity contribution in [3.63, 3.8) is 0 Å². The number of hydrogen-bond acceptors (Lipinski definition) is 6. The second-order valence-electron chi connectivity index (χ2n) is 5.23. The van der Waals surface area contributed by atoms with Gasteiger partial charge in [0, 0.05) is 5.02 Å². The molecule has 0 bridgehead atoms. The number of halogens is 1. The molecular weight excluding hydrogens is 334 g/mol. The van der Waals surface area contributed by atoms with Crippen molar-refractivity contribution >= 4 is 34.3 Å². The summed E-state index contributed by atoms with van der Waals surface area (Å²) >= 11 is 5.85. The van der Waals surface area contributed by atoms with Gasteiger partial charge in [0.25, 0.3) is 5.56 Å². The number of carbonyl (C=O) groups excluding carboxylic acids is 2. The van der Waals surface area contributed by atoms with E-state index in [1.54, 1.807) is 24.3 Å². The van der Waals surface area contributed by atoms with Gasteiger partial charge in [0.05, 0.1) is 5.69 Å². The Labute approximate surface area is 140 Å². The molecule has 2 heterocycles. The number of ketones is 2. The molecule has 122 valence electrons. The monoisotopic (exact) mass is 345 g/mol. The molecule has 0 aliphatic heterocycles. The molecule has 3 aromatic rings. The molecule has 0 amide bonds. The molecule has 0 spiro atoms.